The Balaban J connectivity index is 3.84. The summed E-state index contributed by atoms with van der Waals surface area (Å²) in [6.07, 6.45) is 20.9. The van der Waals surface area contributed by atoms with Crippen LogP contribution in [0.15, 0.2) is 0 Å². The van der Waals surface area contributed by atoms with Gasteiger partial charge in [0.05, 0.1) is 20.6 Å². The van der Waals surface area contributed by atoms with Gasteiger partial charge in [0.1, 0.15) is 0 Å². The molecule has 4 nitrogen and oxygen atoms in total. The zero-order valence-corrected chi connectivity index (χ0v) is 23.8. The fourth-order valence-electron chi connectivity index (χ4n) is 4.84. The van der Waals surface area contributed by atoms with Crippen LogP contribution in [0.4, 0.5) is 0 Å². The monoisotopic (exact) mass is 446 g/mol. The maximum Gasteiger partial charge on any atom is 0.345 e. The fourth-order valence-corrected chi connectivity index (χ4v) is 5.69. The van der Waals surface area contributed by atoms with Crippen LogP contribution in [-0.4, -0.2) is 68.7 Å². The Labute approximate surface area is 192 Å². The van der Waals surface area contributed by atoms with Gasteiger partial charge < -0.3 is 14.2 Å². The highest BCUT2D eigenvalue weighted by Crippen LogP contribution is 2.31. The van der Waals surface area contributed by atoms with Crippen LogP contribution in [-0.2, 0) is 14.2 Å². The first-order valence-corrected chi connectivity index (χ1v) is 14.3. The summed E-state index contributed by atoms with van der Waals surface area (Å²) in [5.74, 6) is -0.716. The molecule has 0 aromatic rings. The van der Waals surface area contributed by atoms with Crippen LogP contribution in [0.2, 0.25) is 6.04 Å². The third kappa shape index (κ3) is 11.1. The molecule has 5 heteroatoms. The van der Waals surface area contributed by atoms with Crippen molar-refractivity contribution in [3.63, 3.8) is 0 Å². The maximum absolute atomic E-state index is 5.92. The van der Waals surface area contributed by atoms with E-state index in [1.165, 1.54) is 96.3 Å². The van der Waals surface area contributed by atoms with Gasteiger partial charge in [-0.05, 0) is 18.9 Å². The topological polar surface area (TPSA) is 27.7 Å². The van der Waals surface area contributed by atoms with Crippen LogP contribution in [0.3, 0.4) is 0 Å². The van der Waals surface area contributed by atoms with Crippen molar-refractivity contribution in [1.82, 2.24) is 0 Å². The van der Waals surface area contributed by atoms with Crippen molar-refractivity contribution in [2.75, 3.05) is 42.0 Å². The van der Waals surface area contributed by atoms with E-state index in [9.17, 15) is 0 Å². The summed E-state index contributed by atoms with van der Waals surface area (Å²) < 4.78 is 18.2. The molecule has 182 valence electrons. The molecule has 0 aliphatic rings. The molecule has 0 aromatic carbocycles. The van der Waals surface area contributed by atoms with Crippen LogP contribution in [0.5, 0.6) is 0 Å². The quantitative estimate of drug-likeness (QED) is 0.0926. The van der Waals surface area contributed by atoms with E-state index < -0.39 is 5.91 Å². The second-order valence-electron chi connectivity index (χ2n) is 9.53. The average molecular weight is 447 g/mol. The second kappa shape index (κ2) is 18.6. The molecule has 0 N–H and O–H groups in total. The van der Waals surface area contributed by atoms with E-state index in [1.807, 2.05) is 0 Å². The molecule has 0 radical (unpaired) electrons. The molecular formula is C25H56NO3Si+. The van der Waals surface area contributed by atoms with Gasteiger partial charge in [-0.15, -0.1) is 0 Å². The van der Waals surface area contributed by atoms with Crippen molar-refractivity contribution >= 4 is 10.2 Å². The van der Waals surface area contributed by atoms with Crippen molar-refractivity contribution in [1.29, 1.82) is 0 Å². The molecule has 0 saturated carbocycles. The number of nitrogens with zero attached hydrogens (tertiary/aromatic N) is 1. The molecule has 0 rings (SSSR count). The normalized spacial score (nSPS) is 13.8. The van der Waals surface area contributed by atoms with E-state index in [0.29, 0.717) is 4.48 Å². The van der Waals surface area contributed by atoms with Gasteiger partial charge in [-0.3, -0.25) is 4.48 Å². The SMILES string of the molecule is CCCCCCCCCCCCCCCCC[N+](C)(C)C(OC)(OC)C(C[SiH3])OC. The summed E-state index contributed by atoms with van der Waals surface area (Å²) in [5, 5.41) is 0. The standard InChI is InChI=1S/C25H56NO3Si/c1-7-8-9-10-11-12-13-14-15-16-17-18-19-20-21-22-26(2,3)25(28-5,29-6)24(23-30)27-4/h24H,7-23H2,1-6,30H3/q+1. The molecule has 30 heavy (non-hydrogen) atoms. The van der Waals surface area contributed by atoms with Crippen LogP contribution < -0.4 is 0 Å². The molecule has 0 fully saturated rings. The van der Waals surface area contributed by atoms with E-state index in [0.717, 1.165) is 22.8 Å². The Bertz CT molecular complexity index is 371. The summed E-state index contributed by atoms with van der Waals surface area (Å²) in [5.41, 5.74) is 0. The van der Waals surface area contributed by atoms with E-state index in [4.69, 9.17) is 14.2 Å². The van der Waals surface area contributed by atoms with Gasteiger partial charge in [-0.25, -0.2) is 0 Å². The number of ether oxygens (including phenoxy) is 3. The number of likely N-dealkylation sites (N-methyl/N-ethyl adjacent to an activating group) is 1. The Kier molecular flexibility index (Phi) is 18.6. The summed E-state index contributed by atoms with van der Waals surface area (Å²) >= 11 is 0. The fraction of sp³-hybridized carbons (Fsp3) is 1.00. The third-order valence-corrected chi connectivity index (χ3v) is 7.55. The highest BCUT2D eigenvalue weighted by molar-refractivity contribution is 6.08. The van der Waals surface area contributed by atoms with E-state index in [1.54, 1.807) is 21.3 Å². The second-order valence-corrected chi connectivity index (χ2v) is 10.3. The third-order valence-electron chi connectivity index (χ3n) is 6.81. The predicted octanol–water partition coefficient (Wildman–Crippen LogP) is 5.68. The van der Waals surface area contributed by atoms with Gasteiger partial charge in [0.15, 0.2) is 6.10 Å². The van der Waals surface area contributed by atoms with E-state index in [2.05, 4.69) is 21.0 Å². The highest BCUT2D eigenvalue weighted by atomic mass is 28.1. The van der Waals surface area contributed by atoms with Crippen LogP contribution in [0, 0.1) is 0 Å². The Morgan fingerprint density at radius 1 is 0.667 bits per heavy atom. The van der Waals surface area contributed by atoms with Gasteiger partial charge in [0.25, 0.3) is 0 Å². The lowest BCUT2D eigenvalue weighted by Crippen LogP contribution is -2.68. The molecule has 0 amide bonds. The van der Waals surface area contributed by atoms with E-state index >= 15 is 0 Å². The van der Waals surface area contributed by atoms with Gasteiger partial charge in [0.2, 0.25) is 0 Å². The maximum atomic E-state index is 5.92. The minimum Gasteiger partial charge on any atom is -0.369 e. The largest absolute Gasteiger partial charge is 0.369 e. The summed E-state index contributed by atoms with van der Waals surface area (Å²) in [4.78, 5) is 0. The summed E-state index contributed by atoms with van der Waals surface area (Å²) in [6, 6.07) is 0.999. The van der Waals surface area contributed by atoms with Gasteiger partial charge in [-0.1, -0.05) is 90.4 Å². The highest BCUT2D eigenvalue weighted by Gasteiger charge is 2.53. The van der Waals surface area contributed by atoms with Gasteiger partial charge in [0, 0.05) is 31.6 Å². The molecule has 1 atom stereocenters. The first kappa shape index (κ1) is 30.1. The van der Waals surface area contributed by atoms with Crippen LogP contribution in [0.25, 0.3) is 0 Å². The molecule has 0 aromatic heterocycles. The minimum atomic E-state index is -0.716. The lowest BCUT2D eigenvalue weighted by Gasteiger charge is -2.48. The smallest absolute Gasteiger partial charge is 0.345 e. The zero-order valence-electron chi connectivity index (χ0n) is 21.8. The number of unbranched alkanes of at least 4 members (excludes halogenated alkanes) is 14. The Hall–Kier alpha value is 0.0569. The molecule has 0 saturated heterocycles. The first-order valence-electron chi connectivity index (χ1n) is 12.9. The lowest BCUT2D eigenvalue weighted by molar-refractivity contribution is -0.999. The lowest BCUT2D eigenvalue weighted by atomic mass is 10.0. The summed E-state index contributed by atoms with van der Waals surface area (Å²) in [7, 11) is 10.7. The first-order chi connectivity index (χ1) is 14.5. The number of hydrogen-bond acceptors (Lipinski definition) is 3. The Morgan fingerprint density at radius 3 is 1.33 bits per heavy atom. The van der Waals surface area contributed by atoms with Crippen molar-refractivity contribution in [2.45, 2.75) is 121 Å². The number of rotatable bonds is 22. The molecule has 0 bridgehead atoms. The molecular weight excluding hydrogens is 390 g/mol. The number of hydrogen-bond donors (Lipinski definition) is 0. The zero-order chi connectivity index (χ0) is 22.7. The number of quaternary nitrogens is 1. The van der Waals surface area contributed by atoms with Gasteiger partial charge >= 0.3 is 5.91 Å². The molecule has 0 heterocycles. The number of methoxy groups -OCH3 is 3. The van der Waals surface area contributed by atoms with Crippen molar-refractivity contribution in [2.24, 2.45) is 0 Å². The van der Waals surface area contributed by atoms with Crippen molar-refractivity contribution in [3.05, 3.63) is 0 Å². The van der Waals surface area contributed by atoms with Crippen LogP contribution in [0.1, 0.15) is 103 Å². The van der Waals surface area contributed by atoms with Gasteiger partial charge in [-0.2, -0.15) is 0 Å². The summed E-state index contributed by atoms with van der Waals surface area (Å²) in [6.45, 7) is 3.33. The predicted molar refractivity (Wildman–Crippen MR) is 134 cm³/mol. The van der Waals surface area contributed by atoms with Crippen molar-refractivity contribution in [3.8, 4) is 0 Å². The van der Waals surface area contributed by atoms with Crippen LogP contribution >= 0.6 is 0 Å². The molecule has 0 aliphatic carbocycles. The van der Waals surface area contributed by atoms with E-state index in [-0.39, 0.29) is 6.10 Å². The molecule has 0 spiro atoms. The molecule has 1 unspecified atom stereocenters. The average Bonchev–Trinajstić information content (AvgIpc) is 2.74. The van der Waals surface area contributed by atoms with Crippen molar-refractivity contribution < 1.29 is 18.7 Å². The molecule has 0 aliphatic heterocycles. The Morgan fingerprint density at radius 2 is 1.03 bits per heavy atom. The minimum absolute atomic E-state index is 0.0227.